The van der Waals surface area contributed by atoms with Gasteiger partial charge in [0.05, 0.1) is 12.4 Å². The third kappa shape index (κ3) is 2.81. The van der Waals surface area contributed by atoms with Gasteiger partial charge >= 0.3 is 0 Å². The number of aromatic nitrogens is 2. The molecule has 0 aromatic carbocycles. The number of nitrogens with zero attached hydrogens (tertiary/aromatic N) is 2. The van der Waals surface area contributed by atoms with Gasteiger partial charge in [-0.15, -0.1) is 11.3 Å². The molecule has 0 N–H and O–H groups in total. The first-order valence-corrected chi connectivity index (χ1v) is 8.32. The molecule has 0 amide bonds. The predicted octanol–water partition coefficient (Wildman–Crippen LogP) is 5.12. The Labute approximate surface area is 129 Å². The molecule has 2 heterocycles. The summed E-state index contributed by atoms with van der Waals surface area (Å²) < 4.78 is 29.9. The fourth-order valence-electron chi connectivity index (χ4n) is 2.92. The van der Waals surface area contributed by atoms with Gasteiger partial charge in [-0.05, 0) is 46.1 Å². The van der Waals surface area contributed by atoms with E-state index in [1.807, 2.05) is 22.2 Å². The first kappa shape index (κ1) is 14.2. The van der Waals surface area contributed by atoms with Crippen molar-refractivity contribution in [3.63, 3.8) is 0 Å². The highest BCUT2D eigenvalue weighted by Crippen LogP contribution is 2.45. The van der Waals surface area contributed by atoms with E-state index >= 15 is 0 Å². The molecular formula is C14H15BrF2N2S. The zero-order chi connectivity index (χ0) is 14.2. The Morgan fingerprint density at radius 1 is 1.40 bits per heavy atom. The molecule has 1 aliphatic carbocycles. The molecule has 3 rings (SSSR count). The molecule has 1 aliphatic rings. The van der Waals surface area contributed by atoms with Crippen LogP contribution in [0, 0.1) is 5.92 Å². The maximum absolute atomic E-state index is 13.4. The van der Waals surface area contributed by atoms with Gasteiger partial charge in [0.25, 0.3) is 0 Å². The minimum Gasteiger partial charge on any atom is -0.329 e. The maximum atomic E-state index is 13.4. The quantitative estimate of drug-likeness (QED) is 0.742. The van der Waals surface area contributed by atoms with Gasteiger partial charge in [-0.1, -0.05) is 0 Å². The number of hydrogen-bond donors (Lipinski definition) is 0. The van der Waals surface area contributed by atoms with Crippen molar-refractivity contribution >= 4 is 27.3 Å². The summed E-state index contributed by atoms with van der Waals surface area (Å²) in [5, 5.41) is 2.03. The standard InChI is InChI=1S/C14H15BrF2N2S/c15-11-3-8-20-13(11)12(19-7-6-18-9-19)10-1-4-14(16,17)5-2-10/h3,6-10,12H,1-2,4-5H2. The van der Waals surface area contributed by atoms with Crippen LogP contribution in [0.25, 0.3) is 0 Å². The van der Waals surface area contributed by atoms with E-state index in [1.165, 1.54) is 4.88 Å². The van der Waals surface area contributed by atoms with Crippen molar-refractivity contribution in [3.8, 4) is 0 Å². The predicted molar refractivity (Wildman–Crippen MR) is 79.3 cm³/mol. The third-order valence-corrected chi connectivity index (χ3v) is 5.91. The minimum atomic E-state index is -2.48. The first-order chi connectivity index (χ1) is 9.57. The molecule has 0 saturated heterocycles. The first-order valence-electron chi connectivity index (χ1n) is 6.65. The van der Waals surface area contributed by atoms with Gasteiger partial charge in [-0.3, -0.25) is 0 Å². The van der Waals surface area contributed by atoms with E-state index in [1.54, 1.807) is 23.9 Å². The molecule has 6 heteroatoms. The largest absolute Gasteiger partial charge is 0.329 e. The van der Waals surface area contributed by atoms with Gasteiger partial charge in [0, 0.05) is 34.6 Å². The van der Waals surface area contributed by atoms with Gasteiger partial charge in [0.15, 0.2) is 0 Å². The zero-order valence-corrected chi connectivity index (χ0v) is 13.2. The maximum Gasteiger partial charge on any atom is 0.248 e. The highest BCUT2D eigenvalue weighted by molar-refractivity contribution is 9.10. The summed E-state index contributed by atoms with van der Waals surface area (Å²) in [4.78, 5) is 5.30. The van der Waals surface area contributed by atoms with E-state index in [4.69, 9.17) is 0 Å². The van der Waals surface area contributed by atoms with Crippen molar-refractivity contribution in [1.29, 1.82) is 0 Å². The SMILES string of the molecule is FC1(F)CCC(C(c2sccc2Br)n2ccnc2)CC1. The van der Waals surface area contributed by atoms with Crippen molar-refractivity contribution in [2.24, 2.45) is 5.92 Å². The van der Waals surface area contributed by atoms with Crippen LogP contribution in [0.5, 0.6) is 0 Å². The third-order valence-electron chi connectivity index (χ3n) is 3.97. The molecule has 2 nitrogen and oxygen atoms in total. The number of hydrogen-bond acceptors (Lipinski definition) is 2. The Morgan fingerprint density at radius 2 is 2.15 bits per heavy atom. The molecule has 0 radical (unpaired) electrons. The smallest absolute Gasteiger partial charge is 0.248 e. The van der Waals surface area contributed by atoms with Crippen molar-refractivity contribution in [3.05, 3.63) is 39.5 Å². The van der Waals surface area contributed by atoms with Crippen molar-refractivity contribution in [1.82, 2.24) is 9.55 Å². The molecule has 1 saturated carbocycles. The second-order valence-corrected chi connectivity index (χ2v) is 7.08. The lowest BCUT2D eigenvalue weighted by molar-refractivity contribution is -0.0495. The Balaban J connectivity index is 1.90. The second-order valence-electron chi connectivity index (χ2n) is 5.28. The van der Waals surface area contributed by atoms with Crippen molar-refractivity contribution < 1.29 is 8.78 Å². The molecule has 108 valence electrons. The van der Waals surface area contributed by atoms with Gasteiger partial charge in [-0.25, -0.2) is 13.8 Å². The number of thiophene rings is 1. The zero-order valence-electron chi connectivity index (χ0n) is 10.8. The van der Waals surface area contributed by atoms with Crippen LogP contribution < -0.4 is 0 Å². The molecule has 2 aromatic rings. The molecule has 1 fully saturated rings. The Bertz CT molecular complexity index is 558. The molecule has 1 atom stereocenters. The lowest BCUT2D eigenvalue weighted by Crippen LogP contribution is -2.30. The Hall–Kier alpha value is -0.750. The highest BCUT2D eigenvalue weighted by Gasteiger charge is 2.39. The number of halogens is 3. The van der Waals surface area contributed by atoms with E-state index in [0.29, 0.717) is 12.8 Å². The topological polar surface area (TPSA) is 17.8 Å². The second kappa shape index (κ2) is 5.56. The molecule has 20 heavy (non-hydrogen) atoms. The summed E-state index contributed by atoms with van der Waals surface area (Å²) >= 11 is 5.24. The average Bonchev–Trinajstić information content (AvgIpc) is 3.05. The van der Waals surface area contributed by atoms with Crippen molar-refractivity contribution in [2.45, 2.75) is 37.6 Å². The summed E-state index contributed by atoms with van der Waals surface area (Å²) in [5.41, 5.74) is 0. The highest BCUT2D eigenvalue weighted by atomic mass is 79.9. The summed E-state index contributed by atoms with van der Waals surface area (Å²) in [6.07, 6.45) is 6.54. The minimum absolute atomic E-state index is 0.00808. The van der Waals surface area contributed by atoms with Crippen LogP contribution in [0.4, 0.5) is 8.78 Å². The molecule has 0 aliphatic heterocycles. The van der Waals surface area contributed by atoms with E-state index in [-0.39, 0.29) is 24.8 Å². The molecule has 2 aromatic heterocycles. The van der Waals surface area contributed by atoms with Gasteiger partial charge < -0.3 is 4.57 Å². The van der Waals surface area contributed by atoms with Crippen molar-refractivity contribution in [2.75, 3.05) is 0 Å². The molecular weight excluding hydrogens is 346 g/mol. The van der Waals surface area contributed by atoms with Gasteiger partial charge in [-0.2, -0.15) is 0 Å². The number of imidazole rings is 1. The Kier molecular flexibility index (Phi) is 3.95. The van der Waals surface area contributed by atoms with E-state index in [9.17, 15) is 8.78 Å². The number of alkyl halides is 2. The average molecular weight is 361 g/mol. The Morgan fingerprint density at radius 3 is 2.70 bits per heavy atom. The lowest BCUT2D eigenvalue weighted by atomic mass is 9.81. The fourth-order valence-corrected chi connectivity index (χ4v) is 4.73. The monoisotopic (exact) mass is 360 g/mol. The molecule has 0 bridgehead atoms. The molecule has 0 spiro atoms. The van der Waals surface area contributed by atoms with Crippen LogP contribution in [0.15, 0.2) is 34.6 Å². The summed E-state index contributed by atoms with van der Waals surface area (Å²) in [5.74, 6) is -2.25. The van der Waals surface area contributed by atoms with Gasteiger partial charge in [0.2, 0.25) is 5.92 Å². The van der Waals surface area contributed by atoms with Gasteiger partial charge in [0.1, 0.15) is 0 Å². The van der Waals surface area contributed by atoms with Crippen LogP contribution in [0.1, 0.15) is 36.6 Å². The summed E-state index contributed by atoms with van der Waals surface area (Å²) in [6, 6.07) is 2.12. The van der Waals surface area contributed by atoms with E-state index in [0.717, 1.165) is 4.47 Å². The van der Waals surface area contributed by atoms with Crippen LogP contribution >= 0.6 is 27.3 Å². The van der Waals surface area contributed by atoms with E-state index < -0.39 is 5.92 Å². The molecule has 1 unspecified atom stereocenters. The van der Waals surface area contributed by atoms with E-state index in [2.05, 4.69) is 20.9 Å². The number of rotatable bonds is 3. The lowest BCUT2D eigenvalue weighted by Gasteiger charge is -2.34. The fraction of sp³-hybridized carbons (Fsp3) is 0.500. The summed E-state index contributed by atoms with van der Waals surface area (Å²) in [7, 11) is 0. The van der Waals surface area contributed by atoms with Crippen LogP contribution in [-0.2, 0) is 0 Å². The summed E-state index contributed by atoms with van der Waals surface area (Å²) in [6.45, 7) is 0. The normalized spacial score (nSPS) is 20.9. The van der Waals surface area contributed by atoms with Crippen LogP contribution in [0.3, 0.4) is 0 Å². The van der Waals surface area contributed by atoms with Crippen LogP contribution in [-0.4, -0.2) is 15.5 Å². The van der Waals surface area contributed by atoms with Crippen LogP contribution in [0.2, 0.25) is 0 Å².